The van der Waals surface area contributed by atoms with Crippen molar-refractivity contribution < 1.29 is 14.3 Å². The first kappa shape index (κ1) is 19.0. The third-order valence-corrected chi connectivity index (χ3v) is 5.60. The van der Waals surface area contributed by atoms with Gasteiger partial charge in [-0.25, -0.2) is 0 Å². The number of hydrogen-bond acceptors (Lipinski definition) is 4. The zero-order valence-electron chi connectivity index (χ0n) is 15.0. The molecular weight excluding hydrogens is 443 g/mol. The largest absolute Gasteiger partial charge is 0.497 e. The second-order valence-electron chi connectivity index (χ2n) is 6.26. The molecule has 0 saturated carbocycles. The fraction of sp³-hybridized carbons (Fsp3) is 0.350. The Hall–Kier alpha value is -1.80. The van der Waals surface area contributed by atoms with Gasteiger partial charge in [0.1, 0.15) is 11.5 Å². The van der Waals surface area contributed by atoms with Crippen LogP contribution in [0.5, 0.6) is 11.5 Å². The minimum atomic E-state index is 0.00787. The van der Waals surface area contributed by atoms with Crippen LogP contribution in [0, 0.1) is 3.57 Å². The predicted octanol–water partition coefficient (Wildman–Crippen LogP) is 4.08. The number of para-hydroxylation sites is 1. The van der Waals surface area contributed by atoms with Crippen LogP contribution in [0.15, 0.2) is 42.5 Å². The Morgan fingerprint density at radius 1 is 1.23 bits per heavy atom. The van der Waals surface area contributed by atoms with Crippen molar-refractivity contribution in [1.29, 1.82) is 0 Å². The van der Waals surface area contributed by atoms with E-state index in [2.05, 4.69) is 32.8 Å². The number of amides is 1. The third kappa shape index (κ3) is 4.29. The number of carbonyl (C=O) groups is 1. The summed E-state index contributed by atoms with van der Waals surface area (Å²) in [6, 6.07) is 13.9. The Bertz CT molecular complexity index is 781. The van der Waals surface area contributed by atoms with Gasteiger partial charge in [-0.15, -0.1) is 0 Å². The summed E-state index contributed by atoms with van der Waals surface area (Å²) in [7, 11) is 3.31. The summed E-state index contributed by atoms with van der Waals surface area (Å²) in [4.78, 5) is 14.8. The van der Waals surface area contributed by atoms with Crippen LogP contribution in [0.3, 0.4) is 0 Å². The van der Waals surface area contributed by atoms with Crippen molar-refractivity contribution in [3.8, 4) is 11.5 Å². The predicted molar refractivity (Wildman–Crippen MR) is 111 cm³/mol. The Morgan fingerprint density at radius 3 is 2.77 bits per heavy atom. The molecule has 138 valence electrons. The van der Waals surface area contributed by atoms with Crippen LogP contribution < -0.4 is 14.8 Å². The lowest BCUT2D eigenvalue weighted by molar-refractivity contribution is -0.117. The molecule has 1 aliphatic rings. The standard InChI is InChI=1S/C20H23IN2O3/c1-25-14-9-10-15(19(12-14)26-2)18-8-5-11-23(18)13-20(24)22-17-7-4-3-6-16(17)21/h3-4,6-7,9-10,12,18H,5,8,11,13H2,1-2H3,(H,22,24). The van der Waals surface area contributed by atoms with Gasteiger partial charge >= 0.3 is 0 Å². The van der Waals surface area contributed by atoms with E-state index in [4.69, 9.17) is 9.47 Å². The van der Waals surface area contributed by atoms with Crippen LogP contribution in [0.25, 0.3) is 0 Å². The topological polar surface area (TPSA) is 50.8 Å². The molecule has 1 heterocycles. The van der Waals surface area contributed by atoms with Crippen LogP contribution >= 0.6 is 22.6 Å². The van der Waals surface area contributed by atoms with Crippen molar-refractivity contribution in [1.82, 2.24) is 4.90 Å². The van der Waals surface area contributed by atoms with Crippen LogP contribution in [-0.2, 0) is 4.79 Å². The van der Waals surface area contributed by atoms with E-state index in [0.717, 1.165) is 45.7 Å². The van der Waals surface area contributed by atoms with E-state index in [9.17, 15) is 4.79 Å². The summed E-state index contributed by atoms with van der Waals surface area (Å²) in [5, 5.41) is 3.02. The van der Waals surface area contributed by atoms with E-state index >= 15 is 0 Å². The molecule has 1 fully saturated rings. The van der Waals surface area contributed by atoms with Gasteiger partial charge in [-0.2, -0.15) is 0 Å². The summed E-state index contributed by atoms with van der Waals surface area (Å²) in [6.45, 7) is 1.27. The molecule has 1 aliphatic heterocycles. The quantitative estimate of drug-likeness (QED) is 0.652. The van der Waals surface area contributed by atoms with E-state index in [-0.39, 0.29) is 11.9 Å². The lowest BCUT2D eigenvalue weighted by atomic mass is 10.0. The number of hydrogen-bond donors (Lipinski definition) is 1. The van der Waals surface area contributed by atoms with Crippen molar-refractivity contribution in [3.63, 3.8) is 0 Å². The minimum absolute atomic E-state index is 0.00787. The number of rotatable bonds is 6. The number of anilines is 1. The number of benzene rings is 2. The highest BCUT2D eigenvalue weighted by atomic mass is 127. The minimum Gasteiger partial charge on any atom is -0.497 e. The molecule has 1 atom stereocenters. The smallest absolute Gasteiger partial charge is 0.238 e. The SMILES string of the molecule is COc1ccc(C2CCCN2CC(=O)Nc2ccccc2I)c(OC)c1. The van der Waals surface area contributed by atoms with Crippen molar-refractivity contribution in [2.45, 2.75) is 18.9 Å². The van der Waals surface area contributed by atoms with Crippen molar-refractivity contribution in [2.24, 2.45) is 0 Å². The lowest BCUT2D eigenvalue weighted by Crippen LogP contribution is -2.33. The van der Waals surface area contributed by atoms with Gasteiger partial charge in [-0.3, -0.25) is 9.69 Å². The van der Waals surface area contributed by atoms with Crippen LogP contribution in [0.4, 0.5) is 5.69 Å². The number of nitrogens with one attached hydrogen (secondary N) is 1. The molecule has 0 radical (unpaired) electrons. The van der Waals surface area contributed by atoms with Gasteiger partial charge in [-0.05, 0) is 60.2 Å². The highest BCUT2D eigenvalue weighted by Crippen LogP contribution is 2.38. The molecule has 3 rings (SSSR count). The maximum absolute atomic E-state index is 12.5. The molecule has 1 unspecified atom stereocenters. The Balaban J connectivity index is 1.72. The number of methoxy groups -OCH3 is 2. The van der Waals surface area contributed by atoms with Gasteiger partial charge < -0.3 is 14.8 Å². The second-order valence-corrected chi connectivity index (χ2v) is 7.43. The number of carbonyl (C=O) groups excluding carboxylic acids is 1. The molecule has 0 aromatic heterocycles. The first-order chi connectivity index (χ1) is 12.6. The maximum atomic E-state index is 12.5. The molecule has 2 aromatic carbocycles. The second kappa shape index (κ2) is 8.73. The average molecular weight is 466 g/mol. The first-order valence-electron chi connectivity index (χ1n) is 8.62. The molecular formula is C20H23IN2O3. The molecule has 0 bridgehead atoms. The summed E-state index contributed by atoms with van der Waals surface area (Å²) in [5.41, 5.74) is 1.96. The maximum Gasteiger partial charge on any atom is 0.238 e. The van der Waals surface area contributed by atoms with E-state index < -0.39 is 0 Å². The number of nitrogens with zero attached hydrogens (tertiary/aromatic N) is 1. The van der Waals surface area contributed by atoms with Crippen LogP contribution in [0.2, 0.25) is 0 Å². The number of likely N-dealkylation sites (tertiary alicyclic amines) is 1. The van der Waals surface area contributed by atoms with Gasteiger partial charge in [-0.1, -0.05) is 18.2 Å². The van der Waals surface area contributed by atoms with Crippen molar-refractivity contribution in [2.75, 3.05) is 32.6 Å². The summed E-state index contributed by atoms with van der Waals surface area (Å²) in [5.74, 6) is 1.58. The Morgan fingerprint density at radius 2 is 2.04 bits per heavy atom. The van der Waals surface area contributed by atoms with Crippen molar-refractivity contribution >= 4 is 34.2 Å². The zero-order chi connectivity index (χ0) is 18.5. The van der Waals surface area contributed by atoms with Crippen molar-refractivity contribution in [3.05, 3.63) is 51.6 Å². The Kier molecular flexibility index (Phi) is 6.37. The number of ether oxygens (including phenoxy) is 2. The highest BCUT2D eigenvalue weighted by molar-refractivity contribution is 14.1. The van der Waals surface area contributed by atoms with Crippen LogP contribution in [-0.4, -0.2) is 38.1 Å². The van der Waals surface area contributed by atoms with Gasteiger partial charge in [0.25, 0.3) is 0 Å². The monoisotopic (exact) mass is 466 g/mol. The van der Waals surface area contributed by atoms with E-state index in [1.165, 1.54) is 0 Å². The zero-order valence-corrected chi connectivity index (χ0v) is 17.2. The molecule has 0 aliphatic carbocycles. The fourth-order valence-corrected chi connectivity index (χ4v) is 3.92. The summed E-state index contributed by atoms with van der Waals surface area (Å²) in [6.07, 6.45) is 2.08. The molecule has 1 N–H and O–H groups in total. The van der Waals surface area contributed by atoms with E-state index in [0.29, 0.717) is 6.54 Å². The van der Waals surface area contributed by atoms with Gasteiger partial charge in [0.15, 0.2) is 0 Å². The molecule has 26 heavy (non-hydrogen) atoms. The summed E-state index contributed by atoms with van der Waals surface area (Å²) < 4.78 is 11.9. The molecule has 2 aromatic rings. The molecule has 1 saturated heterocycles. The summed E-state index contributed by atoms with van der Waals surface area (Å²) >= 11 is 2.23. The normalized spacial score (nSPS) is 17.1. The van der Waals surface area contributed by atoms with E-state index in [1.54, 1.807) is 14.2 Å². The molecule has 1 amide bonds. The molecule has 6 heteroatoms. The first-order valence-corrected chi connectivity index (χ1v) is 9.70. The highest BCUT2D eigenvalue weighted by Gasteiger charge is 2.30. The third-order valence-electron chi connectivity index (χ3n) is 4.66. The fourth-order valence-electron chi connectivity index (χ4n) is 3.40. The lowest BCUT2D eigenvalue weighted by Gasteiger charge is -2.26. The molecule has 5 nitrogen and oxygen atoms in total. The number of halogens is 1. The van der Waals surface area contributed by atoms with Gasteiger partial charge in [0.05, 0.1) is 26.5 Å². The molecule has 0 spiro atoms. The van der Waals surface area contributed by atoms with Gasteiger partial charge in [0, 0.05) is 21.2 Å². The van der Waals surface area contributed by atoms with Crippen LogP contribution in [0.1, 0.15) is 24.4 Å². The Labute approximate surface area is 167 Å². The average Bonchev–Trinajstić information content (AvgIpc) is 3.10. The van der Waals surface area contributed by atoms with E-state index in [1.807, 2.05) is 42.5 Å². The van der Waals surface area contributed by atoms with Gasteiger partial charge in [0.2, 0.25) is 5.91 Å².